The number of hydrogen-bond donors (Lipinski definition) is 0. The van der Waals surface area contributed by atoms with Gasteiger partial charge >= 0.3 is 0 Å². The highest BCUT2D eigenvalue weighted by atomic mass is 19.1. The zero-order chi connectivity index (χ0) is 19.9. The molecule has 0 saturated carbocycles. The summed E-state index contributed by atoms with van der Waals surface area (Å²) in [4.78, 5) is 8.61. The smallest absolute Gasteiger partial charge is 0.214 e. The van der Waals surface area contributed by atoms with Gasteiger partial charge in [-0.15, -0.1) is 5.10 Å². The van der Waals surface area contributed by atoms with Crippen LogP contribution in [-0.4, -0.2) is 57.6 Å². The van der Waals surface area contributed by atoms with Crippen molar-refractivity contribution >= 4 is 5.82 Å². The lowest BCUT2D eigenvalue weighted by atomic mass is 10.1. The van der Waals surface area contributed by atoms with Gasteiger partial charge < -0.3 is 4.90 Å². The molecule has 0 unspecified atom stereocenters. The summed E-state index contributed by atoms with van der Waals surface area (Å²) < 4.78 is 15.2. The molecule has 2 aromatic heterocycles. The largest absolute Gasteiger partial charge is 0.354 e. The van der Waals surface area contributed by atoms with Crippen LogP contribution in [0.1, 0.15) is 24.1 Å². The SMILES string of the molecule is Fc1cccc(N2CCN(CCCCn3cc(Cc4ccccc4)nn3)CC2)n1. The molecule has 4 rings (SSSR count). The Balaban J connectivity index is 1.15. The van der Waals surface area contributed by atoms with E-state index in [9.17, 15) is 4.39 Å². The van der Waals surface area contributed by atoms with E-state index in [0.29, 0.717) is 0 Å². The molecule has 3 heterocycles. The number of halogens is 1. The fraction of sp³-hybridized carbons (Fsp3) is 0.409. The van der Waals surface area contributed by atoms with Gasteiger partial charge in [-0.25, -0.2) is 4.98 Å². The first-order valence-electron chi connectivity index (χ1n) is 10.3. The first kappa shape index (κ1) is 19.5. The molecule has 6 nitrogen and oxygen atoms in total. The Bertz CT molecular complexity index is 889. The third-order valence-electron chi connectivity index (χ3n) is 5.32. The average molecular weight is 394 g/mol. The number of hydrogen-bond acceptors (Lipinski definition) is 5. The fourth-order valence-corrected chi connectivity index (χ4v) is 3.72. The van der Waals surface area contributed by atoms with Crippen molar-refractivity contribution in [3.05, 3.63) is 71.9 Å². The van der Waals surface area contributed by atoms with Crippen LogP contribution in [0.15, 0.2) is 54.7 Å². The first-order chi connectivity index (χ1) is 14.3. The summed E-state index contributed by atoms with van der Waals surface area (Å²) in [5.41, 5.74) is 2.27. The van der Waals surface area contributed by atoms with E-state index in [-0.39, 0.29) is 0 Å². The van der Waals surface area contributed by atoms with Crippen LogP contribution in [0.4, 0.5) is 10.2 Å². The van der Waals surface area contributed by atoms with E-state index in [2.05, 4.69) is 43.4 Å². The number of nitrogens with zero attached hydrogens (tertiary/aromatic N) is 6. The standard InChI is InChI=1S/C22H27FN6/c23-21-9-6-10-22(24-21)28-15-13-27(14-16-28)11-4-5-12-29-18-20(25-26-29)17-19-7-2-1-3-8-19/h1-3,6-10,18H,4-5,11-17H2. The second-order valence-electron chi connectivity index (χ2n) is 7.49. The topological polar surface area (TPSA) is 50.1 Å². The molecule has 0 atom stereocenters. The summed E-state index contributed by atoms with van der Waals surface area (Å²) in [7, 11) is 0. The predicted molar refractivity (Wildman–Crippen MR) is 111 cm³/mol. The van der Waals surface area contributed by atoms with Gasteiger partial charge in [0.1, 0.15) is 5.82 Å². The Labute approximate surface area is 171 Å². The average Bonchev–Trinajstić information content (AvgIpc) is 3.19. The normalized spacial score (nSPS) is 15.0. The van der Waals surface area contributed by atoms with Crippen LogP contribution in [0.2, 0.25) is 0 Å². The predicted octanol–water partition coefficient (Wildman–Crippen LogP) is 3.01. The van der Waals surface area contributed by atoms with Gasteiger partial charge in [0.05, 0.1) is 5.69 Å². The van der Waals surface area contributed by atoms with Crippen LogP contribution in [0, 0.1) is 5.95 Å². The Hall–Kier alpha value is -2.80. The molecule has 152 valence electrons. The van der Waals surface area contributed by atoms with E-state index in [0.717, 1.165) is 70.0 Å². The molecule has 1 aliphatic heterocycles. The number of aromatic nitrogens is 4. The second kappa shape index (κ2) is 9.60. The maximum Gasteiger partial charge on any atom is 0.214 e. The summed E-state index contributed by atoms with van der Waals surface area (Å²) in [5, 5.41) is 8.54. The fourth-order valence-electron chi connectivity index (χ4n) is 3.72. The van der Waals surface area contributed by atoms with Crippen molar-refractivity contribution < 1.29 is 4.39 Å². The minimum atomic E-state index is -0.412. The number of benzene rings is 1. The van der Waals surface area contributed by atoms with E-state index < -0.39 is 5.95 Å². The van der Waals surface area contributed by atoms with Crippen LogP contribution in [0.5, 0.6) is 0 Å². The Morgan fingerprint density at radius 2 is 1.66 bits per heavy atom. The summed E-state index contributed by atoms with van der Waals surface area (Å²) in [6.07, 6.45) is 5.09. The molecule has 1 fully saturated rings. The van der Waals surface area contributed by atoms with Crippen molar-refractivity contribution in [2.45, 2.75) is 25.8 Å². The number of unbranched alkanes of at least 4 members (excludes halogenated alkanes) is 1. The number of piperazine rings is 1. The molecule has 29 heavy (non-hydrogen) atoms. The first-order valence-corrected chi connectivity index (χ1v) is 10.3. The van der Waals surface area contributed by atoms with Crippen LogP contribution in [0.25, 0.3) is 0 Å². The maximum absolute atomic E-state index is 13.3. The highest BCUT2D eigenvalue weighted by Gasteiger charge is 2.17. The van der Waals surface area contributed by atoms with E-state index in [4.69, 9.17) is 0 Å². The van der Waals surface area contributed by atoms with Crippen LogP contribution in [-0.2, 0) is 13.0 Å². The van der Waals surface area contributed by atoms with Crippen molar-refractivity contribution in [3.8, 4) is 0 Å². The highest BCUT2D eigenvalue weighted by Crippen LogP contribution is 2.14. The lowest BCUT2D eigenvalue weighted by Crippen LogP contribution is -2.47. The van der Waals surface area contributed by atoms with Gasteiger partial charge in [0.25, 0.3) is 0 Å². The molecule has 0 bridgehead atoms. The minimum Gasteiger partial charge on any atom is -0.354 e. The van der Waals surface area contributed by atoms with Gasteiger partial charge in [0.15, 0.2) is 0 Å². The third kappa shape index (κ3) is 5.60. The summed E-state index contributed by atoms with van der Waals surface area (Å²) in [5.74, 6) is 0.326. The van der Waals surface area contributed by atoms with Crippen molar-refractivity contribution in [1.29, 1.82) is 0 Å². The Morgan fingerprint density at radius 3 is 2.45 bits per heavy atom. The zero-order valence-electron chi connectivity index (χ0n) is 16.6. The zero-order valence-corrected chi connectivity index (χ0v) is 16.6. The molecule has 1 saturated heterocycles. The summed E-state index contributed by atoms with van der Waals surface area (Å²) >= 11 is 0. The highest BCUT2D eigenvalue weighted by molar-refractivity contribution is 5.38. The van der Waals surface area contributed by atoms with Crippen molar-refractivity contribution in [2.24, 2.45) is 0 Å². The molecule has 3 aromatic rings. The molecule has 1 aromatic carbocycles. The third-order valence-corrected chi connectivity index (χ3v) is 5.32. The van der Waals surface area contributed by atoms with Crippen LogP contribution < -0.4 is 4.90 Å². The van der Waals surface area contributed by atoms with E-state index >= 15 is 0 Å². The lowest BCUT2D eigenvalue weighted by molar-refractivity contribution is 0.250. The molecule has 0 amide bonds. The number of anilines is 1. The Kier molecular flexibility index (Phi) is 6.46. The summed E-state index contributed by atoms with van der Waals surface area (Å²) in [6, 6.07) is 15.3. The van der Waals surface area contributed by atoms with E-state index in [1.54, 1.807) is 6.07 Å². The molecule has 0 aliphatic carbocycles. The second-order valence-corrected chi connectivity index (χ2v) is 7.49. The quantitative estimate of drug-likeness (QED) is 0.434. The summed E-state index contributed by atoms with van der Waals surface area (Å²) in [6.45, 7) is 5.74. The van der Waals surface area contributed by atoms with Crippen molar-refractivity contribution in [3.63, 3.8) is 0 Å². The molecular weight excluding hydrogens is 367 g/mol. The van der Waals surface area contributed by atoms with Crippen molar-refractivity contribution in [1.82, 2.24) is 24.9 Å². The number of aryl methyl sites for hydroxylation is 1. The van der Waals surface area contributed by atoms with Gasteiger partial charge in [-0.2, -0.15) is 4.39 Å². The van der Waals surface area contributed by atoms with Gasteiger partial charge in [0, 0.05) is 45.3 Å². The molecule has 1 aliphatic rings. The van der Waals surface area contributed by atoms with Crippen LogP contribution in [0.3, 0.4) is 0 Å². The lowest BCUT2D eigenvalue weighted by Gasteiger charge is -2.35. The number of pyridine rings is 1. The Morgan fingerprint density at radius 1 is 0.862 bits per heavy atom. The van der Waals surface area contributed by atoms with Crippen molar-refractivity contribution in [2.75, 3.05) is 37.6 Å². The van der Waals surface area contributed by atoms with Crippen LogP contribution >= 0.6 is 0 Å². The maximum atomic E-state index is 13.3. The van der Waals surface area contributed by atoms with E-state index in [1.165, 1.54) is 11.6 Å². The molecule has 0 N–H and O–H groups in total. The van der Waals surface area contributed by atoms with E-state index in [1.807, 2.05) is 28.9 Å². The minimum absolute atomic E-state index is 0.412. The van der Waals surface area contributed by atoms with Gasteiger partial charge in [-0.1, -0.05) is 41.6 Å². The molecule has 0 radical (unpaired) electrons. The van der Waals surface area contributed by atoms with Gasteiger partial charge in [0.2, 0.25) is 5.95 Å². The molecule has 7 heteroatoms. The van der Waals surface area contributed by atoms with Gasteiger partial charge in [-0.05, 0) is 37.1 Å². The monoisotopic (exact) mass is 394 g/mol. The molecular formula is C22H27FN6. The molecule has 0 spiro atoms. The number of rotatable bonds is 8. The van der Waals surface area contributed by atoms with Gasteiger partial charge in [-0.3, -0.25) is 9.58 Å².